The number of aromatic nitrogens is 3. The minimum absolute atomic E-state index is 0.0776. The summed E-state index contributed by atoms with van der Waals surface area (Å²) in [5.41, 5.74) is 5.97. The average molecular weight is 252 g/mol. The monoisotopic (exact) mass is 252 g/mol. The van der Waals surface area contributed by atoms with Crippen LogP contribution in [0.25, 0.3) is 11.4 Å². The van der Waals surface area contributed by atoms with E-state index >= 15 is 0 Å². The zero-order chi connectivity index (χ0) is 12.5. The molecule has 0 aliphatic heterocycles. The number of hydrogen-bond donors (Lipinski definition) is 2. The van der Waals surface area contributed by atoms with Crippen LogP contribution in [-0.2, 0) is 10.1 Å². The van der Waals surface area contributed by atoms with E-state index in [9.17, 15) is 8.42 Å². The molecule has 7 nitrogen and oxygen atoms in total. The molecule has 0 saturated heterocycles. The van der Waals surface area contributed by atoms with E-state index in [1.165, 1.54) is 30.6 Å². The molecule has 1 aromatic heterocycles. The van der Waals surface area contributed by atoms with E-state index in [1.807, 2.05) is 0 Å². The summed E-state index contributed by atoms with van der Waals surface area (Å²) in [6, 6.07) is 5.45. The lowest BCUT2D eigenvalue weighted by Gasteiger charge is -2.01. The van der Waals surface area contributed by atoms with Crippen molar-refractivity contribution in [3.8, 4) is 11.4 Å². The number of nitrogens with two attached hydrogens (primary N) is 1. The van der Waals surface area contributed by atoms with E-state index in [2.05, 4.69) is 15.0 Å². The molecule has 0 unspecified atom stereocenters. The summed E-state index contributed by atoms with van der Waals surface area (Å²) in [6.07, 6.45) is 1.26. The molecule has 0 fully saturated rings. The first-order chi connectivity index (χ1) is 7.97. The Morgan fingerprint density at radius 3 is 2.29 bits per heavy atom. The average Bonchev–Trinajstić information content (AvgIpc) is 2.28. The van der Waals surface area contributed by atoms with E-state index in [-0.39, 0.29) is 10.8 Å². The van der Waals surface area contributed by atoms with Crippen LogP contribution < -0.4 is 5.73 Å². The number of nitrogen functional groups attached to an aromatic ring is 1. The molecule has 3 N–H and O–H groups in total. The minimum Gasteiger partial charge on any atom is -0.368 e. The first-order valence-electron chi connectivity index (χ1n) is 4.49. The van der Waals surface area contributed by atoms with Crippen LogP contribution in [0.15, 0.2) is 35.5 Å². The smallest absolute Gasteiger partial charge is 0.294 e. The van der Waals surface area contributed by atoms with Crippen molar-refractivity contribution in [1.82, 2.24) is 15.0 Å². The molecule has 1 aromatic carbocycles. The normalized spacial score (nSPS) is 11.4. The second-order valence-corrected chi connectivity index (χ2v) is 4.59. The first kappa shape index (κ1) is 11.4. The van der Waals surface area contributed by atoms with Gasteiger partial charge in [0.05, 0.1) is 4.90 Å². The summed E-state index contributed by atoms with van der Waals surface area (Å²) < 4.78 is 30.5. The number of anilines is 1. The van der Waals surface area contributed by atoms with Crippen molar-refractivity contribution in [3.05, 3.63) is 30.6 Å². The van der Waals surface area contributed by atoms with E-state index in [1.54, 1.807) is 0 Å². The maximum atomic E-state index is 10.8. The Morgan fingerprint density at radius 2 is 1.76 bits per heavy atom. The minimum atomic E-state index is -4.19. The van der Waals surface area contributed by atoms with E-state index in [0.29, 0.717) is 11.4 Å². The van der Waals surface area contributed by atoms with Gasteiger partial charge in [-0.05, 0) is 24.3 Å². The summed E-state index contributed by atoms with van der Waals surface area (Å²) in [6.45, 7) is 0. The highest BCUT2D eigenvalue weighted by atomic mass is 32.2. The lowest BCUT2D eigenvalue weighted by Crippen LogP contribution is -1.99. The largest absolute Gasteiger partial charge is 0.368 e. The Hall–Kier alpha value is -2.06. The molecule has 1 heterocycles. The fourth-order valence-corrected chi connectivity index (χ4v) is 1.70. The molecular weight excluding hydrogens is 244 g/mol. The van der Waals surface area contributed by atoms with Gasteiger partial charge in [-0.25, -0.2) is 9.97 Å². The Labute approximate surface area is 97.1 Å². The van der Waals surface area contributed by atoms with Crippen LogP contribution >= 0.6 is 0 Å². The van der Waals surface area contributed by atoms with Crippen LogP contribution in [0.4, 0.5) is 5.95 Å². The highest BCUT2D eigenvalue weighted by molar-refractivity contribution is 7.85. The fourth-order valence-electron chi connectivity index (χ4n) is 1.22. The Bertz CT molecular complexity index is 640. The predicted molar refractivity (Wildman–Crippen MR) is 59.5 cm³/mol. The van der Waals surface area contributed by atoms with Crippen LogP contribution in [0.5, 0.6) is 0 Å². The van der Waals surface area contributed by atoms with Crippen LogP contribution in [0.3, 0.4) is 0 Å². The third-order valence-electron chi connectivity index (χ3n) is 2.00. The van der Waals surface area contributed by atoms with Crippen LogP contribution in [0.2, 0.25) is 0 Å². The molecular formula is C9H8N4O3S. The molecule has 0 aliphatic rings. The van der Waals surface area contributed by atoms with Crippen LogP contribution in [0.1, 0.15) is 0 Å². The van der Waals surface area contributed by atoms with Gasteiger partial charge in [-0.3, -0.25) is 4.55 Å². The number of nitrogens with zero attached hydrogens (tertiary/aromatic N) is 3. The molecule has 2 aromatic rings. The van der Waals surface area contributed by atoms with Gasteiger partial charge in [0.25, 0.3) is 10.1 Å². The standard InChI is InChI=1S/C9H8N4O3S/c10-9-12-5-11-8(13-9)6-1-3-7(4-2-6)17(14,15)16/h1-5H,(H,14,15,16)(H2,10,11,12,13). The van der Waals surface area contributed by atoms with Gasteiger partial charge >= 0.3 is 0 Å². The SMILES string of the molecule is Nc1ncnc(-c2ccc(S(=O)(=O)O)cc2)n1. The maximum Gasteiger partial charge on any atom is 0.294 e. The summed E-state index contributed by atoms with van der Waals surface area (Å²) >= 11 is 0. The number of rotatable bonds is 2. The third kappa shape index (κ3) is 2.55. The van der Waals surface area contributed by atoms with E-state index < -0.39 is 10.1 Å². The highest BCUT2D eigenvalue weighted by Crippen LogP contribution is 2.17. The summed E-state index contributed by atoms with van der Waals surface area (Å²) in [7, 11) is -4.19. The molecule has 2 rings (SSSR count). The lowest BCUT2D eigenvalue weighted by atomic mass is 10.2. The zero-order valence-electron chi connectivity index (χ0n) is 8.48. The molecule has 0 radical (unpaired) electrons. The molecule has 17 heavy (non-hydrogen) atoms. The highest BCUT2D eigenvalue weighted by Gasteiger charge is 2.09. The summed E-state index contributed by atoms with van der Waals surface area (Å²) in [5.74, 6) is 0.410. The Morgan fingerprint density at radius 1 is 1.12 bits per heavy atom. The van der Waals surface area contributed by atoms with Crippen LogP contribution in [-0.4, -0.2) is 27.9 Å². The molecule has 0 bridgehead atoms. The van der Waals surface area contributed by atoms with Crippen molar-refractivity contribution >= 4 is 16.1 Å². The second-order valence-electron chi connectivity index (χ2n) is 3.17. The van der Waals surface area contributed by atoms with Gasteiger partial charge in [-0.2, -0.15) is 13.4 Å². The summed E-state index contributed by atoms with van der Waals surface area (Å²) in [5, 5.41) is 0. The Balaban J connectivity index is 2.43. The topological polar surface area (TPSA) is 119 Å². The van der Waals surface area contributed by atoms with Crippen molar-refractivity contribution in [2.45, 2.75) is 4.90 Å². The molecule has 0 amide bonds. The van der Waals surface area contributed by atoms with Crippen molar-refractivity contribution < 1.29 is 13.0 Å². The van der Waals surface area contributed by atoms with Gasteiger partial charge in [-0.1, -0.05) is 0 Å². The fraction of sp³-hybridized carbons (Fsp3) is 0. The quantitative estimate of drug-likeness (QED) is 0.741. The van der Waals surface area contributed by atoms with E-state index in [0.717, 1.165) is 0 Å². The number of benzene rings is 1. The molecule has 8 heteroatoms. The Kier molecular flexibility index (Phi) is 2.74. The van der Waals surface area contributed by atoms with Gasteiger partial charge < -0.3 is 5.73 Å². The van der Waals surface area contributed by atoms with Gasteiger partial charge in [0.15, 0.2) is 5.82 Å². The van der Waals surface area contributed by atoms with Gasteiger partial charge in [-0.15, -0.1) is 0 Å². The van der Waals surface area contributed by atoms with Crippen molar-refractivity contribution in [3.63, 3.8) is 0 Å². The van der Waals surface area contributed by atoms with Crippen molar-refractivity contribution in [2.75, 3.05) is 5.73 Å². The lowest BCUT2D eigenvalue weighted by molar-refractivity contribution is 0.483. The number of hydrogen-bond acceptors (Lipinski definition) is 6. The predicted octanol–water partition coefficient (Wildman–Crippen LogP) is 0.367. The van der Waals surface area contributed by atoms with Gasteiger partial charge in [0.2, 0.25) is 5.95 Å². The molecule has 0 atom stereocenters. The first-order valence-corrected chi connectivity index (χ1v) is 5.93. The molecule has 88 valence electrons. The van der Waals surface area contributed by atoms with Crippen molar-refractivity contribution in [2.24, 2.45) is 0 Å². The summed E-state index contributed by atoms with van der Waals surface area (Å²) in [4.78, 5) is 11.2. The third-order valence-corrected chi connectivity index (χ3v) is 2.87. The molecule has 0 saturated carbocycles. The maximum absolute atomic E-state index is 10.8. The van der Waals surface area contributed by atoms with E-state index in [4.69, 9.17) is 10.3 Å². The van der Waals surface area contributed by atoms with Crippen molar-refractivity contribution in [1.29, 1.82) is 0 Å². The second kappa shape index (κ2) is 4.07. The zero-order valence-corrected chi connectivity index (χ0v) is 9.29. The molecule has 0 spiro atoms. The van der Waals surface area contributed by atoms with Gasteiger partial charge in [0, 0.05) is 5.56 Å². The van der Waals surface area contributed by atoms with Crippen LogP contribution in [0, 0.1) is 0 Å². The molecule has 0 aliphatic carbocycles. The van der Waals surface area contributed by atoms with Gasteiger partial charge in [0.1, 0.15) is 6.33 Å².